The Hall–Kier alpha value is -2.74. The van der Waals surface area contributed by atoms with Crippen LogP contribution < -0.4 is 4.74 Å². The molecule has 1 heterocycles. The van der Waals surface area contributed by atoms with Crippen molar-refractivity contribution in [2.24, 2.45) is 0 Å². The quantitative estimate of drug-likeness (QED) is 0.444. The Morgan fingerprint density at radius 2 is 2.12 bits per heavy atom. The normalized spacial score (nSPS) is 15.5. The molecule has 1 N–H and O–H groups in total. The molecular formula is C18H19NO6S. The Bertz CT molecular complexity index is 786. The number of aromatic hydroxyl groups is 1. The van der Waals surface area contributed by atoms with Crippen molar-refractivity contribution in [3.05, 3.63) is 40.8 Å². The predicted octanol–water partition coefficient (Wildman–Crippen LogP) is 2.73. The van der Waals surface area contributed by atoms with Crippen molar-refractivity contribution >= 4 is 35.0 Å². The summed E-state index contributed by atoms with van der Waals surface area (Å²) in [7, 11) is 1.42. The average Bonchev–Trinajstić information content (AvgIpc) is 2.85. The second-order valence-electron chi connectivity index (χ2n) is 5.30. The molecule has 2 amide bonds. The Morgan fingerprint density at radius 3 is 2.73 bits per heavy atom. The van der Waals surface area contributed by atoms with Crippen LogP contribution in [0.15, 0.2) is 29.7 Å². The number of carbonyl (C=O) groups excluding carboxylic acids is 3. The van der Waals surface area contributed by atoms with E-state index in [1.165, 1.54) is 13.2 Å². The van der Waals surface area contributed by atoms with Gasteiger partial charge in [0, 0.05) is 5.56 Å². The number of hydrogen-bond acceptors (Lipinski definition) is 7. The van der Waals surface area contributed by atoms with Crippen LogP contribution in [-0.2, 0) is 20.7 Å². The fourth-order valence-corrected chi connectivity index (χ4v) is 3.20. The van der Waals surface area contributed by atoms with Crippen LogP contribution >= 0.6 is 11.8 Å². The maximum Gasteiger partial charge on any atom is 0.326 e. The highest BCUT2D eigenvalue weighted by Crippen LogP contribution is 2.36. The number of phenols is 1. The minimum Gasteiger partial charge on any atom is -0.504 e. The van der Waals surface area contributed by atoms with Crippen LogP contribution in [-0.4, -0.2) is 47.4 Å². The van der Waals surface area contributed by atoms with E-state index in [-0.39, 0.29) is 23.0 Å². The molecule has 1 aromatic rings. The molecule has 1 aromatic carbocycles. The first-order valence-electron chi connectivity index (χ1n) is 7.83. The second-order valence-corrected chi connectivity index (χ2v) is 6.29. The van der Waals surface area contributed by atoms with Gasteiger partial charge in [0.1, 0.15) is 6.54 Å². The van der Waals surface area contributed by atoms with Gasteiger partial charge in [-0.15, -0.1) is 6.58 Å². The molecule has 0 aliphatic carbocycles. The van der Waals surface area contributed by atoms with Gasteiger partial charge in [0.05, 0.1) is 18.6 Å². The van der Waals surface area contributed by atoms with Gasteiger partial charge in [-0.25, -0.2) is 0 Å². The van der Waals surface area contributed by atoms with Gasteiger partial charge in [-0.2, -0.15) is 0 Å². The number of nitrogens with zero attached hydrogens (tertiary/aromatic N) is 1. The molecule has 1 fully saturated rings. The molecule has 0 unspecified atom stereocenters. The minimum absolute atomic E-state index is 0.0000319. The molecule has 1 saturated heterocycles. The van der Waals surface area contributed by atoms with Crippen LogP contribution in [0.2, 0.25) is 0 Å². The summed E-state index contributed by atoms with van der Waals surface area (Å²) in [5, 5.41) is 9.58. The first kappa shape index (κ1) is 19.6. The highest BCUT2D eigenvalue weighted by molar-refractivity contribution is 8.18. The Balaban J connectivity index is 2.31. The lowest BCUT2D eigenvalue weighted by Crippen LogP contribution is -2.34. The molecule has 0 aromatic heterocycles. The van der Waals surface area contributed by atoms with Gasteiger partial charge in [0.25, 0.3) is 11.1 Å². The van der Waals surface area contributed by atoms with Crippen LogP contribution in [0.1, 0.15) is 18.1 Å². The predicted molar refractivity (Wildman–Crippen MR) is 97.9 cm³/mol. The number of amides is 2. The number of carbonyl (C=O) groups is 3. The highest BCUT2D eigenvalue weighted by atomic mass is 32.2. The molecule has 1 aliphatic rings. The summed E-state index contributed by atoms with van der Waals surface area (Å²) >= 11 is 0.741. The summed E-state index contributed by atoms with van der Waals surface area (Å²) in [6.07, 6.45) is 3.56. The molecule has 2 rings (SSSR count). The van der Waals surface area contributed by atoms with Crippen LogP contribution in [0, 0.1) is 0 Å². The molecular weight excluding hydrogens is 358 g/mol. The van der Waals surface area contributed by atoms with E-state index >= 15 is 0 Å². The smallest absolute Gasteiger partial charge is 0.326 e. The van der Waals surface area contributed by atoms with Gasteiger partial charge in [0.2, 0.25) is 0 Å². The third-order valence-electron chi connectivity index (χ3n) is 3.52. The maximum atomic E-state index is 12.4. The van der Waals surface area contributed by atoms with E-state index in [1.54, 1.807) is 25.1 Å². The fraction of sp³-hybridized carbons (Fsp3) is 0.278. The first-order chi connectivity index (χ1) is 12.4. The van der Waals surface area contributed by atoms with Crippen LogP contribution in [0.5, 0.6) is 11.5 Å². The molecule has 138 valence electrons. The van der Waals surface area contributed by atoms with Gasteiger partial charge in [-0.05, 0) is 48.9 Å². The molecule has 7 nitrogen and oxygen atoms in total. The van der Waals surface area contributed by atoms with E-state index in [1.807, 2.05) is 0 Å². The Kier molecular flexibility index (Phi) is 6.46. The lowest BCUT2D eigenvalue weighted by Gasteiger charge is -2.11. The largest absolute Gasteiger partial charge is 0.504 e. The molecule has 8 heteroatoms. The van der Waals surface area contributed by atoms with Gasteiger partial charge < -0.3 is 14.6 Å². The summed E-state index contributed by atoms with van der Waals surface area (Å²) in [4.78, 5) is 37.0. The van der Waals surface area contributed by atoms with Crippen molar-refractivity contribution in [2.45, 2.75) is 13.3 Å². The summed E-state index contributed by atoms with van der Waals surface area (Å²) in [6, 6.07) is 3.24. The van der Waals surface area contributed by atoms with Crippen molar-refractivity contribution in [1.82, 2.24) is 4.90 Å². The van der Waals surface area contributed by atoms with E-state index in [0.717, 1.165) is 16.7 Å². The zero-order valence-electron chi connectivity index (χ0n) is 14.5. The van der Waals surface area contributed by atoms with Crippen LogP contribution in [0.4, 0.5) is 4.79 Å². The average molecular weight is 377 g/mol. The van der Waals surface area contributed by atoms with Crippen molar-refractivity contribution in [2.75, 3.05) is 20.3 Å². The third-order valence-corrected chi connectivity index (χ3v) is 4.43. The number of phenolic OH excluding ortho intramolecular Hbond substituents is 1. The molecule has 0 saturated carbocycles. The van der Waals surface area contributed by atoms with Crippen molar-refractivity contribution in [3.63, 3.8) is 0 Å². The standard InChI is InChI=1S/C18H19NO6S/c1-4-6-12-7-11(8-13(24-3)16(12)21)9-14-17(22)19(18(23)26-14)10-15(20)25-5-2/h4,7-9,21H,1,5-6,10H2,2-3H3/b14-9-. The molecule has 26 heavy (non-hydrogen) atoms. The van der Waals surface area contributed by atoms with E-state index in [4.69, 9.17) is 9.47 Å². The number of methoxy groups -OCH3 is 1. The van der Waals surface area contributed by atoms with Crippen molar-refractivity contribution in [1.29, 1.82) is 0 Å². The topological polar surface area (TPSA) is 93.1 Å². The SMILES string of the molecule is C=CCc1cc(/C=C2\SC(=O)N(CC(=O)OCC)C2=O)cc(OC)c1O. The zero-order valence-corrected chi connectivity index (χ0v) is 15.3. The highest BCUT2D eigenvalue weighted by Gasteiger charge is 2.36. The minimum atomic E-state index is -0.643. The number of thioether (sulfide) groups is 1. The van der Waals surface area contributed by atoms with Gasteiger partial charge >= 0.3 is 5.97 Å². The monoisotopic (exact) mass is 377 g/mol. The summed E-state index contributed by atoms with van der Waals surface area (Å²) in [5.74, 6) is -0.956. The number of allylic oxidation sites excluding steroid dienone is 1. The number of imide groups is 1. The first-order valence-corrected chi connectivity index (χ1v) is 8.64. The Morgan fingerprint density at radius 1 is 1.38 bits per heavy atom. The molecule has 0 radical (unpaired) electrons. The van der Waals surface area contributed by atoms with Crippen LogP contribution in [0.3, 0.4) is 0 Å². The lowest BCUT2D eigenvalue weighted by atomic mass is 10.1. The van der Waals surface area contributed by atoms with Gasteiger partial charge in [-0.1, -0.05) is 6.08 Å². The maximum absolute atomic E-state index is 12.4. The molecule has 0 atom stereocenters. The molecule has 1 aliphatic heterocycles. The van der Waals surface area contributed by atoms with E-state index < -0.39 is 23.7 Å². The van der Waals surface area contributed by atoms with Crippen LogP contribution in [0.25, 0.3) is 6.08 Å². The number of ether oxygens (including phenoxy) is 2. The van der Waals surface area contributed by atoms with Crippen molar-refractivity contribution in [3.8, 4) is 11.5 Å². The van der Waals surface area contributed by atoms with E-state index in [9.17, 15) is 19.5 Å². The second kappa shape index (κ2) is 8.57. The van der Waals surface area contributed by atoms with Gasteiger partial charge in [0.15, 0.2) is 11.5 Å². The molecule has 0 spiro atoms. The number of benzene rings is 1. The summed E-state index contributed by atoms with van der Waals surface area (Å²) in [6.45, 7) is 5.03. The number of esters is 1. The molecule has 0 bridgehead atoms. The van der Waals surface area contributed by atoms with E-state index in [2.05, 4.69) is 6.58 Å². The third kappa shape index (κ3) is 4.26. The van der Waals surface area contributed by atoms with Gasteiger partial charge in [-0.3, -0.25) is 19.3 Å². The zero-order chi connectivity index (χ0) is 19.3. The van der Waals surface area contributed by atoms with E-state index in [0.29, 0.717) is 17.5 Å². The van der Waals surface area contributed by atoms with Crippen molar-refractivity contribution < 1.29 is 29.0 Å². The summed E-state index contributed by atoms with van der Waals surface area (Å²) < 4.78 is 9.91. The summed E-state index contributed by atoms with van der Waals surface area (Å²) in [5.41, 5.74) is 1.16. The Labute approximate surface area is 155 Å². The lowest BCUT2D eigenvalue weighted by molar-refractivity contribution is -0.145. The number of rotatable bonds is 7. The fourth-order valence-electron chi connectivity index (χ4n) is 2.36. The number of hydrogen-bond donors (Lipinski definition) is 1.